The molecule has 5 aromatic carbocycles. The lowest BCUT2D eigenvalue weighted by Crippen LogP contribution is -2.53. The molecule has 2 atom stereocenters. The number of aliphatic imine (C=N–C) groups is 1. The summed E-state index contributed by atoms with van der Waals surface area (Å²) in [6.07, 6.45) is -0.684. The molecule has 10 nitrogen and oxygen atoms in total. The van der Waals surface area contributed by atoms with Crippen LogP contribution in [0.25, 0.3) is 10.8 Å². The minimum absolute atomic E-state index is 0.0231. The quantitative estimate of drug-likeness (QED) is 0.0960. The van der Waals surface area contributed by atoms with Crippen LogP contribution in [0.5, 0.6) is 11.5 Å². The van der Waals surface area contributed by atoms with Crippen molar-refractivity contribution in [2.24, 2.45) is 4.99 Å². The molecule has 258 valence electrons. The Hall–Kier alpha value is -5.23. The van der Waals surface area contributed by atoms with E-state index in [-0.39, 0.29) is 29.6 Å². The smallest absolute Gasteiger partial charge is 0.266 e. The molecular formula is C39H39N3O7S. The number of aliphatic hydroxyl groups excluding tert-OH is 1. The number of sulfone groups is 1. The molecule has 0 spiro atoms. The Kier molecular flexibility index (Phi) is 10.8. The topological polar surface area (TPSA) is 136 Å². The lowest BCUT2D eigenvalue weighted by atomic mass is 9.85. The summed E-state index contributed by atoms with van der Waals surface area (Å²) in [6, 6.07) is 36.3. The summed E-state index contributed by atoms with van der Waals surface area (Å²) in [5.41, 5.74) is 6.36. The summed E-state index contributed by atoms with van der Waals surface area (Å²) >= 11 is 0. The Morgan fingerprint density at radius 2 is 1.64 bits per heavy atom. The number of fused-ring (bicyclic) bond motifs is 1. The van der Waals surface area contributed by atoms with Gasteiger partial charge in [-0.3, -0.25) is 10.2 Å². The molecule has 0 saturated heterocycles. The average Bonchev–Trinajstić information content (AvgIpc) is 3.56. The molecule has 0 fully saturated rings. The first-order chi connectivity index (χ1) is 24.3. The lowest BCUT2D eigenvalue weighted by molar-refractivity contribution is -0.130. The Morgan fingerprint density at radius 3 is 2.42 bits per heavy atom. The highest BCUT2D eigenvalue weighted by atomic mass is 32.2. The first-order valence-electron chi connectivity index (χ1n) is 16.4. The molecule has 0 aliphatic carbocycles. The van der Waals surface area contributed by atoms with Crippen molar-refractivity contribution < 1.29 is 32.5 Å². The van der Waals surface area contributed by atoms with E-state index < -0.39 is 27.4 Å². The van der Waals surface area contributed by atoms with E-state index in [0.717, 1.165) is 16.3 Å². The lowest BCUT2D eigenvalue weighted by Gasteiger charge is -2.30. The van der Waals surface area contributed by atoms with Gasteiger partial charge in [-0.25, -0.2) is 18.8 Å². The number of aliphatic hydroxyl groups is 1. The summed E-state index contributed by atoms with van der Waals surface area (Å²) in [7, 11) is -2.26. The molecular weight excluding hydrogens is 655 g/mol. The first kappa shape index (κ1) is 34.6. The van der Waals surface area contributed by atoms with Crippen molar-refractivity contribution in [2.75, 3.05) is 26.1 Å². The summed E-state index contributed by atoms with van der Waals surface area (Å²) in [5.74, 6) is 0.408. The van der Waals surface area contributed by atoms with Crippen LogP contribution in [-0.2, 0) is 25.9 Å². The zero-order chi connectivity index (χ0) is 35.0. The van der Waals surface area contributed by atoms with Crippen molar-refractivity contribution >= 4 is 32.4 Å². The molecule has 1 heterocycles. The molecule has 11 heteroatoms. The second-order valence-corrected chi connectivity index (χ2v) is 14.0. The maximum atomic E-state index is 14.6. The fraction of sp³-hybridized carbons (Fsp3) is 0.231. The van der Waals surface area contributed by atoms with Crippen molar-refractivity contribution in [1.82, 2.24) is 10.9 Å². The van der Waals surface area contributed by atoms with Crippen LogP contribution >= 0.6 is 0 Å². The number of benzene rings is 5. The molecule has 5 aromatic rings. The number of rotatable bonds is 15. The minimum atomic E-state index is -3.81. The summed E-state index contributed by atoms with van der Waals surface area (Å²) < 4.78 is 45.0. The molecule has 6 rings (SSSR count). The van der Waals surface area contributed by atoms with Gasteiger partial charge in [0, 0.05) is 31.6 Å². The van der Waals surface area contributed by atoms with E-state index in [2.05, 4.69) is 10.9 Å². The maximum Gasteiger partial charge on any atom is 0.266 e. The fourth-order valence-corrected chi connectivity index (χ4v) is 7.37. The van der Waals surface area contributed by atoms with E-state index in [1.54, 1.807) is 73.8 Å². The van der Waals surface area contributed by atoms with E-state index in [0.29, 0.717) is 42.2 Å². The average molecular weight is 694 g/mol. The second kappa shape index (κ2) is 15.5. The maximum absolute atomic E-state index is 14.6. The monoisotopic (exact) mass is 693 g/mol. The van der Waals surface area contributed by atoms with E-state index in [9.17, 15) is 13.2 Å². The van der Waals surface area contributed by atoms with Gasteiger partial charge in [0.25, 0.3) is 5.91 Å². The van der Waals surface area contributed by atoms with Gasteiger partial charge in [-0.15, -0.1) is 0 Å². The highest BCUT2D eigenvalue weighted by Gasteiger charge is 2.54. The predicted molar refractivity (Wildman–Crippen MR) is 192 cm³/mol. The summed E-state index contributed by atoms with van der Waals surface area (Å²) in [6.45, 7) is 0.690. The summed E-state index contributed by atoms with van der Waals surface area (Å²) in [4.78, 5) is 19.7. The van der Waals surface area contributed by atoms with E-state index in [4.69, 9.17) is 24.3 Å². The largest absolute Gasteiger partial charge is 0.497 e. The second-order valence-electron chi connectivity index (χ2n) is 11.9. The number of nitrogens with one attached hydrogen (secondary N) is 2. The van der Waals surface area contributed by atoms with Crippen LogP contribution < -0.4 is 20.3 Å². The Balaban J connectivity index is 1.37. The van der Waals surface area contributed by atoms with E-state index in [1.807, 2.05) is 42.5 Å². The van der Waals surface area contributed by atoms with Crippen LogP contribution in [0.2, 0.25) is 0 Å². The molecule has 1 aliphatic heterocycles. The van der Waals surface area contributed by atoms with Gasteiger partial charge in [0.05, 0.1) is 24.4 Å². The van der Waals surface area contributed by atoms with Crippen LogP contribution in [0.4, 0.5) is 0 Å². The molecule has 0 radical (unpaired) electrons. The zero-order valence-electron chi connectivity index (χ0n) is 27.6. The van der Waals surface area contributed by atoms with Gasteiger partial charge >= 0.3 is 0 Å². The van der Waals surface area contributed by atoms with Crippen LogP contribution in [-0.4, -0.2) is 56.9 Å². The number of carbonyl (C=O) groups is 1. The van der Waals surface area contributed by atoms with Gasteiger partial charge in [0.15, 0.2) is 21.5 Å². The molecule has 1 aliphatic rings. The van der Waals surface area contributed by atoms with Crippen LogP contribution in [0, 0.1) is 0 Å². The van der Waals surface area contributed by atoms with Crippen LogP contribution in [0.3, 0.4) is 0 Å². The zero-order valence-corrected chi connectivity index (χ0v) is 28.4. The molecule has 0 bridgehead atoms. The number of hydrazine groups is 1. The standard InChI is InChI=1S/C39H39N3O7S/c1-47-33-14-8-12-30(26-33)36-39(22-25-50(45,46)34-15-3-2-4-16-34,41-37(49-36)29-18-20-32(21-19-29)48-24-9-23-43)38(44)42-40-27-31-13-7-11-28-10-5-6-17-35(28)31/h2-8,10-21,26,36,40,43H,9,22-25,27H2,1H3,(H,42,44)/t36-,39-/m0/s1. The Morgan fingerprint density at radius 1 is 0.900 bits per heavy atom. The minimum Gasteiger partial charge on any atom is -0.497 e. The first-order valence-corrected chi connectivity index (χ1v) is 18.0. The molecule has 50 heavy (non-hydrogen) atoms. The van der Waals surface area contributed by atoms with Gasteiger partial charge < -0.3 is 19.3 Å². The predicted octanol–water partition coefficient (Wildman–Crippen LogP) is 5.55. The fourth-order valence-electron chi connectivity index (χ4n) is 5.99. The molecule has 3 N–H and O–H groups in total. The third kappa shape index (κ3) is 7.65. The van der Waals surface area contributed by atoms with Crippen LogP contribution in [0.15, 0.2) is 131 Å². The molecule has 0 saturated carbocycles. The van der Waals surface area contributed by atoms with E-state index >= 15 is 0 Å². The van der Waals surface area contributed by atoms with Gasteiger partial charge in [0.2, 0.25) is 5.90 Å². The number of nitrogens with zero attached hydrogens (tertiary/aromatic N) is 1. The number of hydrogen-bond donors (Lipinski definition) is 3. The molecule has 1 amide bonds. The number of ether oxygens (including phenoxy) is 3. The van der Waals surface area contributed by atoms with E-state index in [1.165, 1.54) is 12.1 Å². The van der Waals surface area contributed by atoms with Crippen LogP contribution in [0.1, 0.15) is 35.6 Å². The number of hydrogen-bond acceptors (Lipinski definition) is 9. The highest BCUT2D eigenvalue weighted by molar-refractivity contribution is 7.91. The van der Waals surface area contributed by atoms with Gasteiger partial charge in [-0.05, 0) is 70.4 Å². The number of amides is 1. The highest BCUT2D eigenvalue weighted by Crippen LogP contribution is 2.43. The van der Waals surface area contributed by atoms with Crippen molar-refractivity contribution in [2.45, 2.75) is 35.9 Å². The van der Waals surface area contributed by atoms with Crippen molar-refractivity contribution in [3.63, 3.8) is 0 Å². The summed E-state index contributed by atoms with van der Waals surface area (Å²) in [5, 5.41) is 11.2. The molecule has 0 aromatic heterocycles. The van der Waals surface area contributed by atoms with Crippen molar-refractivity contribution in [1.29, 1.82) is 0 Å². The van der Waals surface area contributed by atoms with Crippen molar-refractivity contribution in [3.05, 3.63) is 138 Å². The van der Waals surface area contributed by atoms with Gasteiger partial charge in [-0.2, -0.15) is 0 Å². The third-order valence-electron chi connectivity index (χ3n) is 8.64. The number of methoxy groups -OCH3 is 1. The van der Waals surface area contributed by atoms with Gasteiger partial charge in [-0.1, -0.05) is 72.8 Å². The molecule has 0 unspecified atom stereocenters. The SMILES string of the molecule is COc1cccc([C@@H]2OC(c3ccc(OCCCO)cc3)=N[C@]2(CCS(=O)(=O)c2ccccc2)C(=O)NNCc2cccc3ccccc23)c1. The normalized spacial score (nSPS) is 17.2. The third-order valence-corrected chi connectivity index (χ3v) is 10.4. The Labute approximate surface area is 291 Å². The van der Waals surface area contributed by atoms with Gasteiger partial charge in [0.1, 0.15) is 11.5 Å². The Bertz CT molecular complexity index is 2070. The van der Waals surface area contributed by atoms with Crippen molar-refractivity contribution in [3.8, 4) is 11.5 Å². The number of carbonyl (C=O) groups excluding carboxylic acids is 1.